The first kappa shape index (κ1) is 11.6. The lowest BCUT2D eigenvalue weighted by molar-refractivity contribution is -0.133. The zero-order valence-electron chi connectivity index (χ0n) is 9.85. The molecule has 1 heterocycles. The van der Waals surface area contributed by atoms with Gasteiger partial charge in [0.15, 0.2) is 0 Å². The van der Waals surface area contributed by atoms with E-state index in [4.69, 9.17) is 0 Å². The SMILES string of the molecule is CCC1=NN(C2CCCCCC2O)C(=O)C1. The molecule has 1 aliphatic carbocycles. The van der Waals surface area contributed by atoms with E-state index < -0.39 is 6.10 Å². The number of hydrogen-bond acceptors (Lipinski definition) is 3. The van der Waals surface area contributed by atoms with Crippen molar-refractivity contribution in [3.05, 3.63) is 0 Å². The molecule has 0 bridgehead atoms. The average molecular weight is 224 g/mol. The molecule has 0 aromatic carbocycles. The molecule has 0 radical (unpaired) electrons. The van der Waals surface area contributed by atoms with Gasteiger partial charge < -0.3 is 5.11 Å². The smallest absolute Gasteiger partial charge is 0.248 e. The summed E-state index contributed by atoms with van der Waals surface area (Å²) in [6.45, 7) is 2.01. The predicted octanol–water partition coefficient (Wildman–Crippen LogP) is 1.68. The highest BCUT2D eigenvalue weighted by molar-refractivity contribution is 6.04. The van der Waals surface area contributed by atoms with Crippen LogP contribution in [0.2, 0.25) is 0 Å². The summed E-state index contributed by atoms with van der Waals surface area (Å²) in [6, 6.07) is -0.0842. The number of nitrogens with zero attached hydrogens (tertiary/aromatic N) is 2. The summed E-state index contributed by atoms with van der Waals surface area (Å²) in [7, 11) is 0. The van der Waals surface area contributed by atoms with E-state index in [1.807, 2.05) is 6.92 Å². The minimum Gasteiger partial charge on any atom is -0.391 e. The third-order valence-electron chi connectivity index (χ3n) is 3.53. The Morgan fingerprint density at radius 1 is 1.38 bits per heavy atom. The number of aliphatic hydroxyl groups excluding tert-OH is 1. The molecule has 0 aromatic rings. The number of carbonyl (C=O) groups excluding carboxylic acids is 1. The van der Waals surface area contributed by atoms with Crippen LogP contribution in [-0.4, -0.2) is 33.9 Å². The summed E-state index contributed by atoms with van der Waals surface area (Å²) in [5.74, 6) is 0.0581. The molecule has 0 spiro atoms. The highest BCUT2D eigenvalue weighted by Gasteiger charge is 2.34. The van der Waals surface area contributed by atoms with Crippen molar-refractivity contribution in [2.75, 3.05) is 0 Å². The third-order valence-corrected chi connectivity index (χ3v) is 3.53. The normalized spacial score (nSPS) is 31.5. The fourth-order valence-electron chi connectivity index (χ4n) is 2.51. The molecule has 90 valence electrons. The number of amides is 1. The molecule has 1 fully saturated rings. The number of rotatable bonds is 2. The molecule has 2 unspecified atom stereocenters. The van der Waals surface area contributed by atoms with E-state index in [9.17, 15) is 9.90 Å². The average Bonchev–Trinajstić information content (AvgIpc) is 2.51. The number of carbonyl (C=O) groups is 1. The van der Waals surface area contributed by atoms with Crippen molar-refractivity contribution >= 4 is 11.6 Å². The maximum absolute atomic E-state index is 11.8. The Labute approximate surface area is 96.3 Å². The van der Waals surface area contributed by atoms with Gasteiger partial charge in [0, 0.05) is 5.71 Å². The van der Waals surface area contributed by atoms with Crippen LogP contribution in [0.5, 0.6) is 0 Å². The van der Waals surface area contributed by atoms with Crippen molar-refractivity contribution < 1.29 is 9.90 Å². The quantitative estimate of drug-likeness (QED) is 0.725. The highest BCUT2D eigenvalue weighted by atomic mass is 16.3. The molecular weight excluding hydrogens is 204 g/mol. The Balaban J connectivity index is 2.10. The van der Waals surface area contributed by atoms with E-state index in [-0.39, 0.29) is 11.9 Å². The molecular formula is C12H20N2O2. The van der Waals surface area contributed by atoms with Crippen LogP contribution in [0, 0.1) is 0 Å². The van der Waals surface area contributed by atoms with Crippen LogP contribution >= 0.6 is 0 Å². The highest BCUT2D eigenvalue weighted by Crippen LogP contribution is 2.26. The molecule has 4 nitrogen and oxygen atoms in total. The number of aliphatic hydroxyl groups is 1. The Kier molecular flexibility index (Phi) is 3.59. The first-order chi connectivity index (χ1) is 7.72. The number of hydrazone groups is 1. The minimum absolute atomic E-state index is 0.0581. The van der Waals surface area contributed by atoms with Crippen LogP contribution in [0.3, 0.4) is 0 Å². The van der Waals surface area contributed by atoms with Crippen LogP contribution in [0.1, 0.15) is 51.9 Å². The van der Waals surface area contributed by atoms with Gasteiger partial charge in [0.05, 0.1) is 18.6 Å². The summed E-state index contributed by atoms with van der Waals surface area (Å²) < 4.78 is 0. The lowest BCUT2D eigenvalue weighted by atomic mass is 10.1. The molecule has 4 heteroatoms. The zero-order chi connectivity index (χ0) is 11.5. The second-order valence-electron chi connectivity index (χ2n) is 4.71. The molecule has 2 aliphatic rings. The minimum atomic E-state index is -0.397. The molecule has 1 N–H and O–H groups in total. The monoisotopic (exact) mass is 224 g/mol. The molecule has 0 saturated heterocycles. The van der Waals surface area contributed by atoms with Crippen LogP contribution in [0.15, 0.2) is 5.10 Å². The second-order valence-corrected chi connectivity index (χ2v) is 4.71. The van der Waals surface area contributed by atoms with Crippen molar-refractivity contribution in [2.45, 2.75) is 64.0 Å². The largest absolute Gasteiger partial charge is 0.391 e. The number of hydrogen-bond donors (Lipinski definition) is 1. The van der Waals surface area contributed by atoms with Gasteiger partial charge in [0.25, 0.3) is 0 Å². The molecule has 16 heavy (non-hydrogen) atoms. The topological polar surface area (TPSA) is 52.9 Å². The van der Waals surface area contributed by atoms with Gasteiger partial charge in [0.2, 0.25) is 5.91 Å². The van der Waals surface area contributed by atoms with E-state index in [1.54, 1.807) is 5.01 Å². The molecule has 0 aromatic heterocycles. The van der Waals surface area contributed by atoms with E-state index in [0.29, 0.717) is 6.42 Å². The van der Waals surface area contributed by atoms with Gasteiger partial charge in [0.1, 0.15) is 0 Å². The van der Waals surface area contributed by atoms with Crippen molar-refractivity contribution in [1.82, 2.24) is 5.01 Å². The van der Waals surface area contributed by atoms with Crippen molar-refractivity contribution in [3.63, 3.8) is 0 Å². The van der Waals surface area contributed by atoms with Gasteiger partial charge in [-0.1, -0.05) is 26.2 Å². The fourth-order valence-corrected chi connectivity index (χ4v) is 2.51. The lowest BCUT2D eigenvalue weighted by Gasteiger charge is -2.27. The summed E-state index contributed by atoms with van der Waals surface area (Å²) in [5, 5.41) is 15.9. The van der Waals surface area contributed by atoms with Crippen LogP contribution < -0.4 is 0 Å². The Morgan fingerprint density at radius 2 is 2.12 bits per heavy atom. The summed E-state index contributed by atoms with van der Waals surface area (Å²) in [4.78, 5) is 11.8. The van der Waals surface area contributed by atoms with Gasteiger partial charge in [-0.25, -0.2) is 5.01 Å². The van der Waals surface area contributed by atoms with Crippen LogP contribution in [0.25, 0.3) is 0 Å². The third kappa shape index (κ3) is 2.26. The molecule has 1 amide bonds. The van der Waals surface area contributed by atoms with Gasteiger partial charge in [-0.2, -0.15) is 5.10 Å². The van der Waals surface area contributed by atoms with Crippen molar-refractivity contribution in [2.24, 2.45) is 5.10 Å². The second kappa shape index (κ2) is 4.95. The standard InChI is InChI=1S/C12H20N2O2/c1-2-9-8-12(16)14(13-9)10-6-4-3-5-7-11(10)15/h10-11,15H,2-8H2,1H3. The molecule has 2 atom stereocenters. The van der Waals surface area contributed by atoms with E-state index >= 15 is 0 Å². The van der Waals surface area contributed by atoms with Crippen molar-refractivity contribution in [3.8, 4) is 0 Å². The predicted molar refractivity (Wildman–Crippen MR) is 62.1 cm³/mol. The van der Waals surface area contributed by atoms with Crippen LogP contribution in [-0.2, 0) is 4.79 Å². The van der Waals surface area contributed by atoms with Gasteiger partial charge >= 0.3 is 0 Å². The fraction of sp³-hybridized carbons (Fsp3) is 0.833. The van der Waals surface area contributed by atoms with Crippen molar-refractivity contribution in [1.29, 1.82) is 0 Å². The Hall–Kier alpha value is -0.900. The Morgan fingerprint density at radius 3 is 2.81 bits per heavy atom. The zero-order valence-corrected chi connectivity index (χ0v) is 9.85. The molecule has 2 rings (SSSR count). The summed E-state index contributed by atoms with van der Waals surface area (Å²) in [5.41, 5.74) is 0.946. The van der Waals surface area contributed by atoms with E-state index in [2.05, 4.69) is 5.10 Å². The first-order valence-corrected chi connectivity index (χ1v) is 6.29. The molecule has 1 saturated carbocycles. The summed E-state index contributed by atoms with van der Waals surface area (Å²) >= 11 is 0. The molecule has 1 aliphatic heterocycles. The van der Waals surface area contributed by atoms with Gasteiger partial charge in [-0.3, -0.25) is 4.79 Å². The first-order valence-electron chi connectivity index (χ1n) is 6.29. The maximum atomic E-state index is 11.8. The van der Waals surface area contributed by atoms with Crippen LogP contribution in [0.4, 0.5) is 0 Å². The maximum Gasteiger partial charge on any atom is 0.248 e. The Bertz CT molecular complexity index is 301. The van der Waals surface area contributed by atoms with Gasteiger partial charge in [-0.05, 0) is 19.3 Å². The van der Waals surface area contributed by atoms with Gasteiger partial charge in [-0.15, -0.1) is 0 Å². The van der Waals surface area contributed by atoms with E-state index in [1.165, 1.54) is 0 Å². The van der Waals surface area contributed by atoms with E-state index in [0.717, 1.165) is 44.2 Å². The lowest BCUT2D eigenvalue weighted by Crippen LogP contribution is -2.41. The summed E-state index contributed by atoms with van der Waals surface area (Å²) in [6.07, 6.45) is 5.85.